The molecule has 0 saturated carbocycles. The summed E-state index contributed by atoms with van der Waals surface area (Å²) in [4.78, 5) is 24.5. The Hall–Kier alpha value is -2.64. The number of thioether (sulfide) groups is 1. The number of carbonyl (C=O) groups excluding carboxylic acids is 1. The van der Waals surface area contributed by atoms with E-state index in [0.717, 1.165) is 27.4 Å². The first-order valence-corrected chi connectivity index (χ1v) is 10.4. The number of hydrogen-bond donors (Lipinski definition) is 2. The second-order valence-electron chi connectivity index (χ2n) is 6.25. The minimum Gasteiger partial charge on any atom is -0.333 e. The first-order valence-electron chi connectivity index (χ1n) is 8.49. The van der Waals surface area contributed by atoms with Crippen LogP contribution < -0.4 is 5.32 Å². The molecule has 0 aliphatic carbocycles. The molecule has 2 aromatic heterocycles. The van der Waals surface area contributed by atoms with Gasteiger partial charge in [-0.25, -0.2) is 9.97 Å². The van der Waals surface area contributed by atoms with E-state index in [-0.39, 0.29) is 11.7 Å². The molecule has 0 radical (unpaired) electrons. The summed E-state index contributed by atoms with van der Waals surface area (Å²) in [5, 5.41) is 6.20. The number of imidazole rings is 1. The van der Waals surface area contributed by atoms with Crippen LogP contribution >= 0.6 is 23.1 Å². The van der Waals surface area contributed by atoms with Crippen molar-refractivity contribution in [3.05, 3.63) is 59.0 Å². The lowest BCUT2D eigenvalue weighted by Gasteiger charge is -2.04. The third kappa shape index (κ3) is 4.04. The van der Waals surface area contributed by atoms with Crippen molar-refractivity contribution in [3.63, 3.8) is 0 Å². The number of benzene rings is 2. The number of aryl methyl sites for hydroxylation is 2. The number of carbonyl (C=O) groups is 1. The Labute approximate surface area is 165 Å². The predicted molar refractivity (Wildman–Crippen MR) is 112 cm³/mol. The molecule has 0 spiro atoms. The quantitative estimate of drug-likeness (QED) is 0.466. The molecule has 0 aliphatic heterocycles. The molecule has 4 aromatic rings. The number of nitrogens with zero attached hydrogens (tertiary/aromatic N) is 2. The van der Waals surface area contributed by atoms with Crippen LogP contribution in [-0.4, -0.2) is 26.6 Å². The zero-order valence-electron chi connectivity index (χ0n) is 14.9. The second kappa shape index (κ2) is 7.54. The van der Waals surface area contributed by atoms with Crippen molar-refractivity contribution in [3.8, 4) is 11.3 Å². The zero-order chi connectivity index (χ0) is 18.8. The fraction of sp³-hybridized carbons (Fsp3) is 0.150. The molecule has 0 saturated heterocycles. The van der Waals surface area contributed by atoms with Crippen LogP contribution in [0.25, 0.3) is 22.3 Å². The summed E-state index contributed by atoms with van der Waals surface area (Å²) >= 11 is 2.82. The van der Waals surface area contributed by atoms with Gasteiger partial charge in [0.15, 0.2) is 10.3 Å². The summed E-state index contributed by atoms with van der Waals surface area (Å²) in [6.07, 6.45) is 0. The molecule has 0 aliphatic rings. The summed E-state index contributed by atoms with van der Waals surface area (Å²) in [7, 11) is 0. The fourth-order valence-corrected chi connectivity index (χ4v) is 4.17. The summed E-state index contributed by atoms with van der Waals surface area (Å²) in [6.45, 7) is 4.13. The molecular weight excluding hydrogens is 376 g/mol. The average molecular weight is 395 g/mol. The van der Waals surface area contributed by atoms with Crippen LogP contribution in [0.4, 0.5) is 5.13 Å². The molecule has 2 aromatic carbocycles. The van der Waals surface area contributed by atoms with E-state index in [9.17, 15) is 4.79 Å². The lowest BCUT2D eigenvalue weighted by molar-refractivity contribution is -0.113. The highest BCUT2D eigenvalue weighted by Gasteiger charge is 2.11. The molecule has 136 valence electrons. The fourth-order valence-electron chi connectivity index (χ4n) is 2.75. The van der Waals surface area contributed by atoms with Crippen LogP contribution in [0.5, 0.6) is 0 Å². The Morgan fingerprint density at radius 1 is 1.19 bits per heavy atom. The number of rotatable bonds is 5. The molecule has 2 heterocycles. The Morgan fingerprint density at radius 2 is 2.04 bits per heavy atom. The maximum Gasteiger partial charge on any atom is 0.236 e. The van der Waals surface area contributed by atoms with Gasteiger partial charge in [-0.15, -0.1) is 11.3 Å². The second-order valence-corrected chi connectivity index (χ2v) is 8.07. The van der Waals surface area contributed by atoms with Crippen LogP contribution in [0.15, 0.2) is 53.0 Å². The summed E-state index contributed by atoms with van der Waals surface area (Å²) < 4.78 is 0. The van der Waals surface area contributed by atoms with Gasteiger partial charge in [0.1, 0.15) is 0 Å². The van der Waals surface area contributed by atoms with Crippen molar-refractivity contribution in [2.75, 3.05) is 11.1 Å². The van der Waals surface area contributed by atoms with Gasteiger partial charge < -0.3 is 10.3 Å². The number of anilines is 1. The number of H-pyrrole nitrogens is 1. The minimum atomic E-state index is -0.0951. The molecule has 4 rings (SSSR count). The standard InChI is InChI=1S/C20H18N4OS2/c1-12-7-8-13(2)14(9-12)17-10-26-20(23-17)24-18(25)11-27-19-21-15-5-3-4-6-16(15)22-19/h3-10H,11H2,1-2H3,(H,21,22)(H,23,24,25). The lowest BCUT2D eigenvalue weighted by Crippen LogP contribution is -2.13. The van der Waals surface area contributed by atoms with Gasteiger partial charge in [-0.1, -0.05) is 41.6 Å². The average Bonchev–Trinajstić information content (AvgIpc) is 3.28. The van der Waals surface area contributed by atoms with Crippen LogP contribution in [-0.2, 0) is 4.79 Å². The Balaban J connectivity index is 1.40. The van der Waals surface area contributed by atoms with Crippen LogP contribution in [0, 0.1) is 13.8 Å². The van der Waals surface area contributed by atoms with Crippen LogP contribution in [0.1, 0.15) is 11.1 Å². The topological polar surface area (TPSA) is 70.7 Å². The largest absolute Gasteiger partial charge is 0.333 e. The smallest absolute Gasteiger partial charge is 0.236 e. The Bertz CT molecular complexity index is 1080. The van der Waals surface area contributed by atoms with Gasteiger partial charge in [0.2, 0.25) is 5.91 Å². The number of para-hydroxylation sites is 2. The van der Waals surface area contributed by atoms with Crippen molar-refractivity contribution in [1.82, 2.24) is 15.0 Å². The number of hydrogen-bond acceptors (Lipinski definition) is 5. The van der Waals surface area contributed by atoms with Crippen molar-refractivity contribution < 1.29 is 4.79 Å². The molecule has 1 amide bonds. The Kier molecular flexibility index (Phi) is 4.96. The first-order chi connectivity index (χ1) is 13.1. The minimum absolute atomic E-state index is 0.0951. The summed E-state index contributed by atoms with van der Waals surface area (Å²) in [5.74, 6) is 0.181. The van der Waals surface area contributed by atoms with E-state index >= 15 is 0 Å². The number of nitrogens with one attached hydrogen (secondary N) is 2. The first kappa shape index (κ1) is 17.8. The van der Waals surface area contributed by atoms with Gasteiger partial charge >= 0.3 is 0 Å². The van der Waals surface area contributed by atoms with E-state index in [2.05, 4.69) is 52.3 Å². The molecular formula is C20H18N4OS2. The molecule has 0 fully saturated rings. The number of amides is 1. The molecule has 0 unspecified atom stereocenters. The number of aromatic amines is 1. The van der Waals surface area contributed by atoms with Gasteiger partial charge in [0.25, 0.3) is 0 Å². The van der Waals surface area contributed by atoms with E-state index in [1.54, 1.807) is 0 Å². The number of aromatic nitrogens is 3. The van der Waals surface area contributed by atoms with Gasteiger partial charge in [0, 0.05) is 10.9 Å². The normalized spacial score (nSPS) is 11.0. The van der Waals surface area contributed by atoms with E-state index in [1.807, 2.05) is 29.6 Å². The monoisotopic (exact) mass is 394 g/mol. The van der Waals surface area contributed by atoms with E-state index in [0.29, 0.717) is 5.13 Å². The van der Waals surface area contributed by atoms with E-state index in [4.69, 9.17) is 0 Å². The molecule has 2 N–H and O–H groups in total. The predicted octanol–water partition coefficient (Wildman–Crippen LogP) is 5.03. The maximum atomic E-state index is 12.3. The third-order valence-electron chi connectivity index (χ3n) is 4.13. The molecule has 5 nitrogen and oxygen atoms in total. The summed E-state index contributed by atoms with van der Waals surface area (Å²) in [5.41, 5.74) is 6.22. The van der Waals surface area contributed by atoms with Gasteiger partial charge in [-0.2, -0.15) is 0 Å². The summed E-state index contributed by atoms with van der Waals surface area (Å²) in [6, 6.07) is 14.1. The Morgan fingerprint density at radius 3 is 2.89 bits per heavy atom. The SMILES string of the molecule is Cc1ccc(C)c(-c2csc(NC(=O)CSc3nc4ccccc4[nH]3)n2)c1. The van der Waals surface area contributed by atoms with Gasteiger partial charge in [-0.05, 0) is 37.6 Å². The lowest BCUT2D eigenvalue weighted by atomic mass is 10.0. The molecule has 7 heteroatoms. The highest BCUT2D eigenvalue weighted by atomic mass is 32.2. The van der Waals surface area contributed by atoms with E-state index in [1.165, 1.54) is 34.2 Å². The zero-order valence-corrected chi connectivity index (χ0v) is 16.6. The van der Waals surface area contributed by atoms with Crippen molar-refractivity contribution in [1.29, 1.82) is 0 Å². The maximum absolute atomic E-state index is 12.3. The van der Waals surface area contributed by atoms with Crippen molar-refractivity contribution in [2.45, 2.75) is 19.0 Å². The molecule has 0 bridgehead atoms. The van der Waals surface area contributed by atoms with Gasteiger partial charge in [0.05, 0.1) is 22.5 Å². The molecule has 27 heavy (non-hydrogen) atoms. The van der Waals surface area contributed by atoms with Gasteiger partial charge in [-0.3, -0.25) is 4.79 Å². The van der Waals surface area contributed by atoms with Crippen molar-refractivity contribution in [2.24, 2.45) is 0 Å². The number of thiazole rings is 1. The van der Waals surface area contributed by atoms with Crippen LogP contribution in [0.2, 0.25) is 0 Å². The highest BCUT2D eigenvalue weighted by Crippen LogP contribution is 2.28. The third-order valence-corrected chi connectivity index (χ3v) is 5.76. The van der Waals surface area contributed by atoms with E-state index < -0.39 is 0 Å². The molecule has 0 atom stereocenters. The van der Waals surface area contributed by atoms with Crippen molar-refractivity contribution >= 4 is 45.2 Å². The highest BCUT2D eigenvalue weighted by molar-refractivity contribution is 7.99. The number of fused-ring (bicyclic) bond motifs is 1. The van der Waals surface area contributed by atoms with Crippen LogP contribution in [0.3, 0.4) is 0 Å².